The van der Waals surface area contributed by atoms with Gasteiger partial charge in [-0.1, -0.05) is 67.4 Å². The molecule has 0 bridgehead atoms. The van der Waals surface area contributed by atoms with E-state index in [0.717, 1.165) is 16.3 Å². The van der Waals surface area contributed by atoms with E-state index in [0.29, 0.717) is 28.2 Å². The number of nitrogens with one attached hydrogen (secondary N) is 1. The number of likely N-dealkylation sites (N-methyl/N-ethyl adjacent to an activating group) is 1. The predicted octanol–water partition coefficient (Wildman–Crippen LogP) is 6.31. The minimum atomic E-state index is -0.178. The Balaban J connectivity index is 1.58. The lowest BCUT2D eigenvalue weighted by molar-refractivity contribution is -0.117. The number of carbonyl (C=O) groups excluding carboxylic acids is 1. The molecule has 0 radical (unpaired) electrons. The van der Waals surface area contributed by atoms with Crippen LogP contribution in [0.2, 0.25) is 10.0 Å². The van der Waals surface area contributed by atoms with Crippen molar-refractivity contribution in [2.24, 2.45) is 0 Å². The lowest BCUT2D eigenvalue weighted by atomic mass is 10.0. The zero-order valence-corrected chi connectivity index (χ0v) is 18.9. The quantitative estimate of drug-likeness (QED) is 0.461. The molecule has 0 aliphatic heterocycles. The maximum absolute atomic E-state index is 12.3. The van der Waals surface area contributed by atoms with E-state index in [-0.39, 0.29) is 12.5 Å². The number of halogens is 2. The molecule has 1 heterocycles. The fourth-order valence-electron chi connectivity index (χ4n) is 2.90. The Hall–Kier alpha value is -1.92. The summed E-state index contributed by atoms with van der Waals surface area (Å²) in [6, 6.07) is 13.6. The number of nitrogens with zero attached hydrogens (tertiary/aromatic N) is 2. The van der Waals surface area contributed by atoms with E-state index in [9.17, 15) is 4.79 Å². The van der Waals surface area contributed by atoms with Crippen LogP contribution in [0.25, 0.3) is 10.6 Å². The average Bonchev–Trinajstić information content (AvgIpc) is 3.13. The molecule has 1 amide bonds. The first kappa shape index (κ1) is 21.8. The SMILES string of the molecule is CC(C)c1ccc(-c2nc(CN(C)CC(=O)Nc3c(Cl)cccc3Cl)cs2)cc1. The molecular formula is C22H23Cl2N3OS. The third-order valence-electron chi connectivity index (χ3n) is 4.45. The zero-order chi connectivity index (χ0) is 21.0. The normalized spacial score (nSPS) is 11.3. The zero-order valence-electron chi connectivity index (χ0n) is 16.6. The Bertz CT molecular complexity index is 966. The minimum absolute atomic E-state index is 0.178. The molecule has 0 spiro atoms. The summed E-state index contributed by atoms with van der Waals surface area (Å²) in [5, 5.41) is 6.63. The standard InChI is InChI=1S/C22H23Cl2N3OS/c1-14(2)15-7-9-16(10-8-15)22-25-17(13-29-22)11-27(3)12-20(28)26-21-18(23)5-4-6-19(21)24/h4-10,13-14H,11-12H2,1-3H3,(H,26,28). The first-order chi connectivity index (χ1) is 13.8. The van der Waals surface area contributed by atoms with Crippen LogP contribution in [0.15, 0.2) is 47.8 Å². The van der Waals surface area contributed by atoms with Crippen LogP contribution in [-0.2, 0) is 11.3 Å². The molecule has 7 heteroatoms. The highest BCUT2D eigenvalue weighted by molar-refractivity contribution is 7.13. The van der Waals surface area contributed by atoms with Gasteiger partial charge >= 0.3 is 0 Å². The molecule has 0 atom stereocenters. The minimum Gasteiger partial charge on any atom is -0.322 e. The number of aromatic nitrogens is 1. The molecule has 152 valence electrons. The topological polar surface area (TPSA) is 45.2 Å². The van der Waals surface area contributed by atoms with Crippen LogP contribution in [0.1, 0.15) is 31.0 Å². The van der Waals surface area contributed by atoms with Crippen molar-refractivity contribution in [3.05, 3.63) is 69.1 Å². The van der Waals surface area contributed by atoms with E-state index in [1.165, 1.54) is 5.56 Å². The van der Waals surface area contributed by atoms with Crippen LogP contribution in [0, 0.1) is 0 Å². The van der Waals surface area contributed by atoms with E-state index < -0.39 is 0 Å². The summed E-state index contributed by atoms with van der Waals surface area (Å²) in [7, 11) is 1.88. The second-order valence-corrected chi connectivity index (χ2v) is 8.91. The highest BCUT2D eigenvalue weighted by atomic mass is 35.5. The van der Waals surface area contributed by atoms with Crippen molar-refractivity contribution in [1.82, 2.24) is 9.88 Å². The summed E-state index contributed by atoms with van der Waals surface area (Å²) in [5.41, 5.74) is 3.80. The Morgan fingerprint density at radius 1 is 1.14 bits per heavy atom. The molecule has 2 aromatic carbocycles. The van der Waals surface area contributed by atoms with Gasteiger partial charge in [0, 0.05) is 17.5 Å². The number of hydrogen-bond donors (Lipinski definition) is 1. The summed E-state index contributed by atoms with van der Waals surface area (Å²) < 4.78 is 0. The molecule has 0 aliphatic rings. The summed E-state index contributed by atoms with van der Waals surface area (Å²) in [4.78, 5) is 19.0. The molecule has 0 saturated heterocycles. The van der Waals surface area contributed by atoms with E-state index in [1.54, 1.807) is 29.5 Å². The Morgan fingerprint density at radius 2 is 1.79 bits per heavy atom. The molecule has 4 nitrogen and oxygen atoms in total. The molecule has 1 aromatic heterocycles. The van der Waals surface area contributed by atoms with Gasteiger partial charge in [0.2, 0.25) is 5.91 Å². The first-order valence-electron chi connectivity index (χ1n) is 9.30. The van der Waals surface area contributed by atoms with Gasteiger partial charge < -0.3 is 5.32 Å². The summed E-state index contributed by atoms with van der Waals surface area (Å²) >= 11 is 13.8. The lowest BCUT2D eigenvalue weighted by Gasteiger charge is -2.16. The van der Waals surface area contributed by atoms with Crippen molar-refractivity contribution in [3.63, 3.8) is 0 Å². The third-order valence-corrected chi connectivity index (χ3v) is 6.02. The van der Waals surface area contributed by atoms with E-state index in [1.807, 2.05) is 17.3 Å². The Labute approximate surface area is 185 Å². The van der Waals surface area contributed by atoms with Crippen LogP contribution >= 0.6 is 34.5 Å². The molecule has 1 N–H and O–H groups in total. The van der Waals surface area contributed by atoms with Crippen molar-refractivity contribution < 1.29 is 4.79 Å². The van der Waals surface area contributed by atoms with Gasteiger partial charge in [-0.25, -0.2) is 4.98 Å². The van der Waals surface area contributed by atoms with Crippen molar-refractivity contribution in [3.8, 4) is 10.6 Å². The predicted molar refractivity (Wildman–Crippen MR) is 123 cm³/mol. The molecule has 0 unspecified atom stereocenters. The maximum atomic E-state index is 12.3. The van der Waals surface area contributed by atoms with Gasteiger partial charge in [-0.2, -0.15) is 0 Å². The van der Waals surface area contributed by atoms with E-state index >= 15 is 0 Å². The highest BCUT2D eigenvalue weighted by Gasteiger charge is 2.13. The highest BCUT2D eigenvalue weighted by Crippen LogP contribution is 2.30. The Morgan fingerprint density at radius 3 is 2.41 bits per heavy atom. The Kier molecular flexibility index (Phi) is 7.30. The van der Waals surface area contributed by atoms with Gasteiger partial charge in [-0.3, -0.25) is 9.69 Å². The molecule has 0 saturated carbocycles. The van der Waals surface area contributed by atoms with Gasteiger partial charge in [0.1, 0.15) is 5.01 Å². The van der Waals surface area contributed by atoms with Gasteiger partial charge in [0.15, 0.2) is 0 Å². The van der Waals surface area contributed by atoms with Crippen molar-refractivity contribution in [2.45, 2.75) is 26.3 Å². The maximum Gasteiger partial charge on any atom is 0.238 e. The number of para-hydroxylation sites is 1. The number of rotatable bonds is 7. The molecular weight excluding hydrogens is 425 g/mol. The van der Waals surface area contributed by atoms with Gasteiger partial charge in [-0.15, -0.1) is 11.3 Å². The number of amides is 1. The third kappa shape index (κ3) is 5.80. The van der Waals surface area contributed by atoms with Gasteiger partial charge in [0.25, 0.3) is 0 Å². The number of anilines is 1. The number of carbonyl (C=O) groups is 1. The summed E-state index contributed by atoms with van der Waals surface area (Å²) in [6.07, 6.45) is 0. The van der Waals surface area contributed by atoms with Crippen molar-refractivity contribution in [2.75, 3.05) is 18.9 Å². The van der Waals surface area contributed by atoms with Crippen LogP contribution in [0.5, 0.6) is 0 Å². The monoisotopic (exact) mass is 447 g/mol. The van der Waals surface area contributed by atoms with Crippen LogP contribution in [0.3, 0.4) is 0 Å². The second kappa shape index (κ2) is 9.72. The van der Waals surface area contributed by atoms with Crippen LogP contribution in [-0.4, -0.2) is 29.4 Å². The largest absolute Gasteiger partial charge is 0.322 e. The smallest absolute Gasteiger partial charge is 0.238 e. The number of thiazole rings is 1. The van der Waals surface area contributed by atoms with Gasteiger partial charge in [-0.05, 0) is 30.7 Å². The van der Waals surface area contributed by atoms with E-state index in [4.69, 9.17) is 28.2 Å². The fourth-order valence-corrected chi connectivity index (χ4v) is 4.21. The fraction of sp³-hybridized carbons (Fsp3) is 0.273. The second-order valence-electron chi connectivity index (χ2n) is 7.24. The molecule has 3 aromatic rings. The molecule has 29 heavy (non-hydrogen) atoms. The summed E-state index contributed by atoms with van der Waals surface area (Å²) in [6.45, 7) is 5.14. The first-order valence-corrected chi connectivity index (χ1v) is 10.9. The van der Waals surface area contributed by atoms with Crippen molar-refractivity contribution >= 4 is 46.1 Å². The summed E-state index contributed by atoms with van der Waals surface area (Å²) in [5.74, 6) is 0.332. The molecule has 0 aliphatic carbocycles. The van der Waals surface area contributed by atoms with Gasteiger partial charge in [0.05, 0.1) is 28.0 Å². The van der Waals surface area contributed by atoms with Crippen LogP contribution in [0.4, 0.5) is 5.69 Å². The lowest BCUT2D eigenvalue weighted by Crippen LogP contribution is -2.30. The number of benzene rings is 2. The number of hydrogen-bond acceptors (Lipinski definition) is 4. The molecule has 3 rings (SSSR count). The molecule has 0 fully saturated rings. The average molecular weight is 448 g/mol. The van der Waals surface area contributed by atoms with Crippen molar-refractivity contribution in [1.29, 1.82) is 0 Å². The van der Waals surface area contributed by atoms with Crippen LogP contribution < -0.4 is 5.32 Å². The van der Waals surface area contributed by atoms with E-state index in [2.05, 4.69) is 43.4 Å².